The van der Waals surface area contributed by atoms with Gasteiger partial charge >= 0.3 is 0 Å². The number of carbonyl (C=O) groups is 1. The molecule has 0 aliphatic carbocycles. The molecule has 2 rings (SSSR count). The molecule has 1 amide bonds. The summed E-state index contributed by atoms with van der Waals surface area (Å²) in [7, 11) is 1.99. The molecule has 0 saturated carbocycles. The quantitative estimate of drug-likeness (QED) is 0.891. The molecule has 0 radical (unpaired) electrons. The molecule has 1 N–H and O–H groups in total. The SMILES string of the molecule is Cn1cc(CNC(=O)CCC#N)c2ccccc21. The number of rotatable bonds is 4. The van der Waals surface area contributed by atoms with E-state index in [1.807, 2.05) is 42.1 Å². The van der Waals surface area contributed by atoms with Crippen LogP contribution in [0.15, 0.2) is 30.5 Å². The second-order valence-corrected chi connectivity index (χ2v) is 4.22. The number of aryl methyl sites for hydroxylation is 1. The summed E-state index contributed by atoms with van der Waals surface area (Å²) in [6.45, 7) is 0.506. The number of para-hydroxylation sites is 1. The van der Waals surface area contributed by atoms with Crippen LogP contribution < -0.4 is 5.32 Å². The highest BCUT2D eigenvalue weighted by molar-refractivity contribution is 5.84. The number of fused-ring (bicyclic) bond motifs is 1. The number of aromatic nitrogens is 1. The van der Waals surface area contributed by atoms with Gasteiger partial charge in [0.25, 0.3) is 0 Å². The first-order valence-electron chi connectivity index (χ1n) is 5.89. The van der Waals surface area contributed by atoms with Crippen LogP contribution in [-0.4, -0.2) is 10.5 Å². The predicted molar refractivity (Wildman–Crippen MR) is 69.6 cm³/mol. The van der Waals surface area contributed by atoms with E-state index in [9.17, 15) is 4.79 Å². The summed E-state index contributed by atoms with van der Waals surface area (Å²) in [6, 6.07) is 10.1. The molecule has 4 nitrogen and oxygen atoms in total. The molecule has 0 aliphatic rings. The molecule has 92 valence electrons. The van der Waals surface area contributed by atoms with Crippen LogP contribution in [0.25, 0.3) is 10.9 Å². The fourth-order valence-corrected chi connectivity index (χ4v) is 2.02. The highest BCUT2D eigenvalue weighted by atomic mass is 16.1. The summed E-state index contributed by atoms with van der Waals surface area (Å²) in [6.07, 6.45) is 2.55. The maximum Gasteiger partial charge on any atom is 0.221 e. The molecule has 0 spiro atoms. The highest BCUT2D eigenvalue weighted by Crippen LogP contribution is 2.19. The van der Waals surface area contributed by atoms with E-state index in [0.717, 1.165) is 16.5 Å². The van der Waals surface area contributed by atoms with E-state index in [2.05, 4.69) is 11.4 Å². The summed E-state index contributed by atoms with van der Waals surface area (Å²) < 4.78 is 2.05. The molecule has 0 fully saturated rings. The highest BCUT2D eigenvalue weighted by Gasteiger charge is 2.07. The van der Waals surface area contributed by atoms with Crippen molar-refractivity contribution in [2.75, 3.05) is 0 Å². The molecular formula is C14H15N3O. The van der Waals surface area contributed by atoms with Gasteiger partial charge in [0.1, 0.15) is 0 Å². The van der Waals surface area contributed by atoms with Crippen LogP contribution in [-0.2, 0) is 18.4 Å². The maximum absolute atomic E-state index is 11.4. The Morgan fingerprint density at radius 3 is 3.00 bits per heavy atom. The summed E-state index contributed by atoms with van der Waals surface area (Å²) >= 11 is 0. The third-order valence-corrected chi connectivity index (χ3v) is 2.92. The standard InChI is InChI=1S/C14H15N3O/c1-17-10-11(9-16-14(18)7-4-8-15)12-5-2-3-6-13(12)17/h2-3,5-6,10H,4,7,9H2,1H3,(H,16,18). The molecule has 2 aromatic rings. The minimum absolute atomic E-state index is 0.0792. The number of nitriles is 1. The number of hydrogen-bond acceptors (Lipinski definition) is 2. The van der Waals surface area contributed by atoms with Crippen molar-refractivity contribution in [3.8, 4) is 6.07 Å². The van der Waals surface area contributed by atoms with E-state index in [4.69, 9.17) is 5.26 Å². The van der Waals surface area contributed by atoms with Crippen LogP contribution in [0.1, 0.15) is 18.4 Å². The van der Waals surface area contributed by atoms with Crippen LogP contribution in [0.4, 0.5) is 0 Å². The van der Waals surface area contributed by atoms with E-state index in [0.29, 0.717) is 6.54 Å². The Kier molecular flexibility index (Phi) is 3.63. The van der Waals surface area contributed by atoms with E-state index in [1.54, 1.807) is 0 Å². The van der Waals surface area contributed by atoms with Crippen molar-refractivity contribution >= 4 is 16.8 Å². The van der Waals surface area contributed by atoms with E-state index < -0.39 is 0 Å². The molecule has 1 aromatic carbocycles. The molecule has 0 unspecified atom stereocenters. The largest absolute Gasteiger partial charge is 0.352 e. The van der Waals surface area contributed by atoms with Gasteiger partial charge in [-0.05, 0) is 11.6 Å². The zero-order valence-corrected chi connectivity index (χ0v) is 10.3. The predicted octanol–water partition coefficient (Wildman–Crippen LogP) is 2.10. The van der Waals surface area contributed by atoms with E-state index >= 15 is 0 Å². The van der Waals surface area contributed by atoms with Crippen molar-refractivity contribution in [3.05, 3.63) is 36.0 Å². The van der Waals surface area contributed by atoms with Gasteiger partial charge in [-0.1, -0.05) is 18.2 Å². The van der Waals surface area contributed by atoms with Gasteiger partial charge in [-0.25, -0.2) is 0 Å². The Morgan fingerprint density at radius 2 is 2.22 bits per heavy atom. The average Bonchev–Trinajstić information content (AvgIpc) is 2.71. The van der Waals surface area contributed by atoms with Gasteiger partial charge in [0.2, 0.25) is 5.91 Å². The molecule has 0 bridgehead atoms. The molecule has 1 heterocycles. The third kappa shape index (κ3) is 2.51. The van der Waals surface area contributed by atoms with Gasteiger partial charge in [-0.3, -0.25) is 4.79 Å². The number of nitrogens with one attached hydrogen (secondary N) is 1. The van der Waals surface area contributed by atoms with Gasteiger partial charge in [0, 0.05) is 43.5 Å². The first-order chi connectivity index (χ1) is 8.72. The summed E-state index contributed by atoms with van der Waals surface area (Å²) in [5.74, 6) is -0.0792. The van der Waals surface area contributed by atoms with Crippen LogP contribution in [0.3, 0.4) is 0 Å². The van der Waals surface area contributed by atoms with Gasteiger partial charge < -0.3 is 9.88 Å². The Balaban J connectivity index is 2.09. The van der Waals surface area contributed by atoms with Crippen molar-refractivity contribution in [2.24, 2.45) is 7.05 Å². The lowest BCUT2D eigenvalue weighted by Gasteiger charge is -2.02. The van der Waals surface area contributed by atoms with Crippen LogP contribution in [0, 0.1) is 11.3 Å². The summed E-state index contributed by atoms with van der Waals surface area (Å²) in [5.41, 5.74) is 2.25. The minimum Gasteiger partial charge on any atom is -0.352 e. The third-order valence-electron chi connectivity index (χ3n) is 2.92. The van der Waals surface area contributed by atoms with Crippen molar-refractivity contribution in [3.63, 3.8) is 0 Å². The van der Waals surface area contributed by atoms with Crippen molar-refractivity contribution in [1.82, 2.24) is 9.88 Å². The fourth-order valence-electron chi connectivity index (χ4n) is 2.02. The zero-order chi connectivity index (χ0) is 13.0. The Bertz CT molecular complexity index is 607. The second kappa shape index (κ2) is 5.37. The average molecular weight is 241 g/mol. The molecule has 1 aromatic heterocycles. The number of amides is 1. The van der Waals surface area contributed by atoms with Crippen molar-refractivity contribution in [1.29, 1.82) is 5.26 Å². The topological polar surface area (TPSA) is 57.8 Å². The van der Waals surface area contributed by atoms with Gasteiger partial charge in [0.05, 0.1) is 6.07 Å². The normalized spacial score (nSPS) is 10.2. The Labute approximate surface area is 106 Å². The zero-order valence-electron chi connectivity index (χ0n) is 10.3. The van der Waals surface area contributed by atoms with Gasteiger partial charge in [-0.15, -0.1) is 0 Å². The number of nitrogens with zero attached hydrogens (tertiary/aromatic N) is 2. The molecule has 0 saturated heterocycles. The van der Waals surface area contributed by atoms with Gasteiger partial charge in [-0.2, -0.15) is 5.26 Å². The summed E-state index contributed by atoms with van der Waals surface area (Å²) in [4.78, 5) is 11.4. The molecule has 0 atom stereocenters. The van der Waals surface area contributed by atoms with Crippen LogP contribution >= 0.6 is 0 Å². The lowest BCUT2D eigenvalue weighted by atomic mass is 10.2. The lowest BCUT2D eigenvalue weighted by Crippen LogP contribution is -2.22. The lowest BCUT2D eigenvalue weighted by molar-refractivity contribution is -0.121. The number of hydrogen-bond donors (Lipinski definition) is 1. The molecule has 4 heteroatoms. The van der Waals surface area contributed by atoms with E-state index in [-0.39, 0.29) is 18.7 Å². The van der Waals surface area contributed by atoms with Crippen molar-refractivity contribution < 1.29 is 4.79 Å². The Hall–Kier alpha value is -2.28. The number of benzene rings is 1. The monoisotopic (exact) mass is 241 g/mol. The van der Waals surface area contributed by atoms with Crippen LogP contribution in [0.2, 0.25) is 0 Å². The van der Waals surface area contributed by atoms with Gasteiger partial charge in [0.15, 0.2) is 0 Å². The first-order valence-corrected chi connectivity index (χ1v) is 5.89. The summed E-state index contributed by atoms with van der Waals surface area (Å²) in [5, 5.41) is 12.4. The van der Waals surface area contributed by atoms with E-state index in [1.165, 1.54) is 0 Å². The molecule has 18 heavy (non-hydrogen) atoms. The number of carbonyl (C=O) groups excluding carboxylic acids is 1. The first kappa shape index (κ1) is 12.2. The Morgan fingerprint density at radius 1 is 1.44 bits per heavy atom. The molecular weight excluding hydrogens is 226 g/mol. The van der Waals surface area contributed by atoms with Crippen LogP contribution in [0.5, 0.6) is 0 Å². The smallest absolute Gasteiger partial charge is 0.221 e. The fraction of sp³-hybridized carbons (Fsp3) is 0.286. The second-order valence-electron chi connectivity index (χ2n) is 4.22. The maximum atomic E-state index is 11.4. The molecule has 0 aliphatic heterocycles. The minimum atomic E-state index is -0.0792. The van der Waals surface area contributed by atoms with Crippen molar-refractivity contribution in [2.45, 2.75) is 19.4 Å².